The number of aryl methyl sites for hydroxylation is 1. The van der Waals surface area contributed by atoms with Crippen molar-refractivity contribution >= 4 is 75.4 Å². The Balaban J connectivity index is 1.55. The van der Waals surface area contributed by atoms with Crippen LogP contribution in [0.3, 0.4) is 0 Å². The van der Waals surface area contributed by atoms with Crippen molar-refractivity contribution in [3.05, 3.63) is 86.0 Å². The average Bonchev–Trinajstić information content (AvgIpc) is 2.87. The quantitative estimate of drug-likeness (QED) is 0.214. The van der Waals surface area contributed by atoms with Crippen molar-refractivity contribution in [2.45, 2.75) is 6.92 Å². The minimum absolute atomic E-state index is 0.221. The summed E-state index contributed by atoms with van der Waals surface area (Å²) in [5.41, 5.74) is 2.13. The van der Waals surface area contributed by atoms with Gasteiger partial charge in [0, 0.05) is 10.7 Å². The summed E-state index contributed by atoms with van der Waals surface area (Å²) >= 11 is 8.01. The number of nitrogens with one attached hydrogen (secondary N) is 2. The van der Waals surface area contributed by atoms with Gasteiger partial charge in [0.2, 0.25) is 0 Å². The lowest BCUT2D eigenvalue weighted by Crippen LogP contribution is -2.54. The molecule has 1 aliphatic rings. The molecule has 1 heterocycles. The first-order valence-corrected chi connectivity index (χ1v) is 12.7. The van der Waals surface area contributed by atoms with Crippen molar-refractivity contribution in [3.8, 4) is 11.5 Å². The van der Waals surface area contributed by atoms with E-state index in [0.29, 0.717) is 31.3 Å². The maximum absolute atomic E-state index is 13.1. The van der Waals surface area contributed by atoms with Gasteiger partial charge in [-0.2, -0.15) is 0 Å². The van der Waals surface area contributed by atoms with Crippen LogP contribution in [0, 0.1) is 10.5 Å². The molecular formula is C27H21ClIN3O6. The number of anilines is 2. The topological polar surface area (TPSA) is 114 Å². The number of urea groups is 1. The predicted octanol–water partition coefficient (Wildman–Crippen LogP) is 4.95. The van der Waals surface area contributed by atoms with E-state index < -0.39 is 17.8 Å². The zero-order valence-electron chi connectivity index (χ0n) is 20.2. The molecule has 0 unspecified atom stereocenters. The van der Waals surface area contributed by atoms with E-state index in [0.717, 1.165) is 10.5 Å². The van der Waals surface area contributed by atoms with Crippen LogP contribution in [0.25, 0.3) is 6.08 Å². The van der Waals surface area contributed by atoms with Crippen LogP contribution in [0.5, 0.6) is 11.5 Å². The third-order valence-electron chi connectivity index (χ3n) is 5.41. The maximum Gasteiger partial charge on any atom is 0.335 e. The standard InChI is InChI=1S/C27H21ClIN3O6/c1-15-6-8-18(9-7-15)30-23(33)14-38-24-21(29)11-16(12-22(24)37-2)10-20-25(34)31-27(36)32(26(20)35)19-5-3-4-17(28)13-19/h3-13H,14H2,1-2H3,(H,30,33)(H,31,34,36)/b20-10+. The highest BCUT2D eigenvalue weighted by Gasteiger charge is 2.37. The van der Waals surface area contributed by atoms with Crippen molar-refractivity contribution < 1.29 is 28.7 Å². The Morgan fingerprint density at radius 3 is 2.53 bits per heavy atom. The van der Waals surface area contributed by atoms with Crippen molar-refractivity contribution in [1.29, 1.82) is 0 Å². The fourth-order valence-corrected chi connectivity index (χ4v) is 4.57. The number of carbonyl (C=O) groups excluding carboxylic acids is 4. The molecule has 3 aromatic rings. The van der Waals surface area contributed by atoms with Crippen LogP contribution >= 0.6 is 34.2 Å². The molecule has 2 N–H and O–H groups in total. The molecule has 9 nitrogen and oxygen atoms in total. The van der Waals surface area contributed by atoms with Gasteiger partial charge in [-0.15, -0.1) is 0 Å². The molecule has 0 bridgehead atoms. The van der Waals surface area contributed by atoms with E-state index in [-0.39, 0.29) is 23.8 Å². The molecular weight excluding hydrogens is 625 g/mol. The Bertz CT molecular complexity index is 1470. The second-order valence-electron chi connectivity index (χ2n) is 8.17. The van der Waals surface area contributed by atoms with Crippen molar-refractivity contribution in [3.63, 3.8) is 0 Å². The Labute approximate surface area is 236 Å². The van der Waals surface area contributed by atoms with Crippen LogP contribution in [-0.4, -0.2) is 37.5 Å². The minimum atomic E-state index is -0.876. The lowest BCUT2D eigenvalue weighted by Gasteiger charge is -2.26. The largest absolute Gasteiger partial charge is 0.493 e. The van der Waals surface area contributed by atoms with Gasteiger partial charge in [-0.25, -0.2) is 9.69 Å². The number of barbiturate groups is 1. The van der Waals surface area contributed by atoms with Gasteiger partial charge in [-0.3, -0.25) is 19.7 Å². The van der Waals surface area contributed by atoms with Gasteiger partial charge in [-0.05, 0) is 83.6 Å². The van der Waals surface area contributed by atoms with E-state index in [1.165, 1.54) is 25.3 Å². The Morgan fingerprint density at radius 2 is 1.84 bits per heavy atom. The summed E-state index contributed by atoms with van der Waals surface area (Å²) in [5, 5.41) is 5.26. The van der Waals surface area contributed by atoms with Crippen molar-refractivity contribution in [1.82, 2.24) is 5.32 Å². The van der Waals surface area contributed by atoms with Crippen LogP contribution in [0.1, 0.15) is 11.1 Å². The van der Waals surface area contributed by atoms with Gasteiger partial charge in [0.05, 0.1) is 16.4 Å². The molecule has 0 radical (unpaired) electrons. The Morgan fingerprint density at radius 1 is 1.11 bits per heavy atom. The summed E-state index contributed by atoms with van der Waals surface area (Å²) in [6, 6.07) is 15.9. The lowest BCUT2D eigenvalue weighted by molar-refractivity contribution is -0.122. The van der Waals surface area contributed by atoms with Crippen molar-refractivity contribution in [2.75, 3.05) is 23.9 Å². The molecule has 11 heteroatoms. The van der Waals surface area contributed by atoms with Gasteiger partial charge in [0.25, 0.3) is 17.7 Å². The number of hydrogen-bond donors (Lipinski definition) is 2. The summed E-state index contributed by atoms with van der Waals surface area (Å²) in [6.45, 7) is 1.69. The normalized spacial score (nSPS) is 14.4. The molecule has 1 aliphatic heterocycles. The molecule has 3 aromatic carbocycles. The number of methoxy groups -OCH3 is 1. The van der Waals surface area contributed by atoms with Gasteiger partial charge >= 0.3 is 6.03 Å². The molecule has 0 spiro atoms. The maximum atomic E-state index is 13.1. The summed E-state index contributed by atoms with van der Waals surface area (Å²) in [7, 11) is 1.43. The van der Waals surface area contributed by atoms with E-state index >= 15 is 0 Å². The molecule has 194 valence electrons. The number of nitrogens with zero attached hydrogens (tertiary/aromatic N) is 1. The summed E-state index contributed by atoms with van der Waals surface area (Å²) in [5.74, 6) is -1.38. The van der Waals surface area contributed by atoms with Crippen LogP contribution in [0.15, 0.2) is 66.2 Å². The predicted molar refractivity (Wildman–Crippen MR) is 151 cm³/mol. The third kappa shape index (κ3) is 6.14. The van der Waals surface area contributed by atoms with E-state index in [9.17, 15) is 19.2 Å². The van der Waals surface area contributed by atoms with Gasteiger partial charge in [0.15, 0.2) is 18.1 Å². The van der Waals surface area contributed by atoms with Crippen LogP contribution in [0.4, 0.5) is 16.2 Å². The molecule has 0 atom stereocenters. The third-order valence-corrected chi connectivity index (χ3v) is 6.45. The van der Waals surface area contributed by atoms with Gasteiger partial charge in [-0.1, -0.05) is 35.4 Å². The number of carbonyl (C=O) groups is 4. The monoisotopic (exact) mass is 645 g/mol. The summed E-state index contributed by atoms with van der Waals surface area (Å²) < 4.78 is 11.7. The average molecular weight is 646 g/mol. The lowest BCUT2D eigenvalue weighted by atomic mass is 10.1. The fourth-order valence-electron chi connectivity index (χ4n) is 3.61. The van der Waals surface area contributed by atoms with E-state index in [1.807, 2.05) is 41.6 Å². The number of ether oxygens (including phenoxy) is 2. The molecule has 1 saturated heterocycles. The minimum Gasteiger partial charge on any atom is -0.493 e. The van der Waals surface area contributed by atoms with Gasteiger partial charge < -0.3 is 14.8 Å². The number of amides is 5. The van der Waals surface area contributed by atoms with E-state index in [1.54, 1.807) is 36.4 Å². The number of hydrogen-bond acceptors (Lipinski definition) is 6. The zero-order valence-corrected chi connectivity index (χ0v) is 23.1. The molecule has 38 heavy (non-hydrogen) atoms. The zero-order chi connectivity index (χ0) is 27.4. The smallest absolute Gasteiger partial charge is 0.335 e. The highest BCUT2D eigenvalue weighted by atomic mass is 127. The van der Waals surface area contributed by atoms with Crippen LogP contribution in [-0.2, 0) is 14.4 Å². The first kappa shape index (κ1) is 27.1. The highest BCUT2D eigenvalue weighted by Crippen LogP contribution is 2.35. The van der Waals surface area contributed by atoms with E-state index in [4.69, 9.17) is 21.1 Å². The highest BCUT2D eigenvalue weighted by molar-refractivity contribution is 14.1. The molecule has 0 saturated carbocycles. The summed E-state index contributed by atoms with van der Waals surface area (Å²) in [6.07, 6.45) is 1.35. The number of benzene rings is 3. The summed E-state index contributed by atoms with van der Waals surface area (Å²) in [4.78, 5) is 51.3. The Kier molecular flexibility index (Phi) is 8.32. The number of rotatable bonds is 7. The number of imide groups is 2. The van der Waals surface area contributed by atoms with Crippen molar-refractivity contribution in [2.24, 2.45) is 0 Å². The van der Waals surface area contributed by atoms with Crippen LogP contribution < -0.4 is 25.0 Å². The van der Waals surface area contributed by atoms with Gasteiger partial charge in [0.1, 0.15) is 5.57 Å². The Hall–Kier alpha value is -3.90. The van der Waals surface area contributed by atoms with Crippen LogP contribution in [0.2, 0.25) is 5.02 Å². The first-order chi connectivity index (χ1) is 18.2. The molecule has 0 aliphatic carbocycles. The molecule has 1 fully saturated rings. The second kappa shape index (κ2) is 11.7. The molecule has 0 aromatic heterocycles. The molecule has 5 amide bonds. The number of halogens is 2. The fraction of sp³-hybridized carbons (Fsp3) is 0.111. The molecule has 4 rings (SSSR count). The van der Waals surface area contributed by atoms with E-state index in [2.05, 4.69) is 10.6 Å². The first-order valence-electron chi connectivity index (χ1n) is 11.2. The SMILES string of the molecule is COc1cc(/C=C2\C(=O)NC(=O)N(c3cccc(Cl)c3)C2=O)cc(I)c1OCC(=O)Nc1ccc(C)cc1. The second-order valence-corrected chi connectivity index (χ2v) is 9.77.